The highest BCUT2D eigenvalue weighted by atomic mass is 16.6. The topological polar surface area (TPSA) is 67.0 Å². The number of hydrogen-bond acceptors (Lipinski definition) is 3. The zero-order chi connectivity index (χ0) is 14.8. The number of ether oxygens (including phenoxy) is 1. The molecule has 0 spiro atoms. The number of carbonyl (C=O) groups excluding carboxylic acids is 1. The van der Waals surface area contributed by atoms with Gasteiger partial charge in [-0.25, -0.2) is 4.79 Å². The molecular weight excluding hydrogens is 242 g/mol. The van der Waals surface area contributed by atoms with Crippen LogP contribution in [0, 0.1) is 11.3 Å². The molecule has 1 aromatic rings. The third kappa shape index (κ3) is 4.32. The van der Waals surface area contributed by atoms with Crippen molar-refractivity contribution < 1.29 is 9.53 Å². The third-order valence-corrected chi connectivity index (χ3v) is 2.30. The normalized spacial score (nSPS) is 11.8. The summed E-state index contributed by atoms with van der Waals surface area (Å²) in [7, 11) is 0. The highest BCUT2D eigenvalue weighted by Gasteiger charge is 2.21. The fourth-order valence-corrected chi connectivity index (χ4v) is 1.58. The summed E-state index contributed by atoms with van der Waals surface area (Å²) in [4.78, 5) is 11.8. The van der Waals surface area contributed by atoms with E-state index in [0.717, 1.165) is 0 Å². The highest BCUT2D eigenvalue weighted by Crippen LogP contribution is 2.24. The van der Waals surface area contributed by atoms with Gasteiger partial charge in [-0.05, 0) is 47.6 Å². The molecule has 1 amide bonds. The Bertz CT molecular complexity index is 510. The van der Waals surface area contributed by atoms with Crippen LogP contribution in [-0.2, 0) is 10.3 Å². The third-order valence-electron chi connectivity index (χ3n) is 2.30. The van der Waals surface area contributed by atoms with E-state index in [4.69, 9.17) is 10.00 Å². The first-order chi connectivity index (χ1) is 8.53. The zero-order valence-electron chi connectivity index (χ0n) is 12.4. The van der Waals surface area contributed by atoms with Crippen molar-refractivity contribution in [2.45, 2.75) is 52.7 Å². The van der Waals surface area contributed by atoms with Crippen molar-refractivity contribution in [3.63, 3.8) is 0 Å². The van der Waals surface area contributed by atoms with Crippen LogP contribution in [0.1, 0.15) is 47.1 Å². The monoisotopic (exact) mass is 263 g/mol. The van der Waals surface area contributed by atoms with E-state index in [9.17, 15) is 4.79 Å². The fourth-order valence-electron chi connectivity index (χ4n) is 1.58. The minimum atomic E-state index is -0.554. The van der Waals surface area contributed by atoms with Crippen molar-refractivity contribution in [3.8, 4) is 6.07 Å². The van der Waals surface area contributed by atoms with Crippen LogP contribution in [0.15, 0.2) is 12.3 Å². The Kier molecular flexibility index (Phi) is 3.94. The largest absolute Gasteiger partial charge is 0.444 e. The molecular formula is C14H21N3O2. The molecule has 0 fully saturated rings. The predicted octanol–water partition coefficient (Wildman–Crippen LogP) is 3.46. The lowest BCUT2D eigenvalue weighted by Gasteiger charge is -2.25. The molecule has 1 heterocycles. The molecule has 1 rings (SSSR count). The summed E-state index contributed by atoms with van der Waals surface area (Å²) in [6.07, 6.45) is 1.19. The first-order valence-corrected chi connectivity index (χ1v) is 6.16. The van der Waals surface area contributed by atoms with Crippen molar-refractivity contribution in [1.29, 1.82) is 5.26 Å². The van der Waals surface area contributed by atoms with E-state index in [2.05, 4.69) is 11.4 Å². The predicted molar refractivity (Wildman–Crippen MR) is 74.0 cm³/mol. The Morgan fingerprint density at radius 1 is 1.32 bits per heavy atom. The molecule has 0 unspecified atom stereocenters. The number of amides is 1. The molecule has 0 radical (unpaired) electrons. The van der Waals surface area contributed by atoms with Crippen molar-refractivity contribution in [2.24, 2.45) is 0 Å². The first-order valence-electron chi connectivity index (χ1n) is 6.16. The molecule has 0 aromatic carbocycles. The second kappa shape index (κ2) is 4.96. The molecule has 19 heavy (non-hydrogen) atoms. The van der Waals surface area contributed by atoms with Crippen molar-refractivity contribution in [1.82, 2.24) is 4.57 Å². The zero-order valence-corrected chi connectivity index (χ0v) is 12.4. The Morgan fingerprint density at radius 2 is 1.89 bits per heavy atom. The van der Waals surface area contributed by atoms with Crippen LogP contribution in [0.25, 0.3) is 0 Å². The maximum atomic E-state index is 11.8. The number of carbonyl (C=O) groups is 1. The van der Waals surface area contributed by atoms with Gasteiger partial charge in [-0.2, -0.15) is 5.26 Å². The number of aromatic nitrogens is 1. The van der Waals surface area contributed by atoms with Crippen molar-refractivity contribution >= 4 is 11.9 Å². The van der Waals surface area contributed by atoms with E-state index >= 15 is 0 Å². The van der Waals surface area contributed by atoms with Crippen LogP contribution in [0.2, 0.25) is 0 Å². The maximum Gasteiger partial charge on any atom is 0.413 e. The van der Waals surface area contributed by atoms with Gasteiger partial charge in [-0.3, -0.25) is 5.32 Å². The molecule has 5 heteroatoms. The van der Waals surface area contributed by atoms with E-state index in [1.165, 1.54) is 0 Å². The minimum Gasteiger partial charge on any atom is -0.444 e. The van der Waals surface area contributed by atoms with Crippen LogP contribution in [0.5, 0.6) is 0 Å². The summed E-state index contributed by atoms with van der Waals surface area (Å²) in [6, 6.07) is 3.70. The van der Waals surface area contributed by atoms with Gasteiger partial charge in [0.2, 0.25) is 0 Å². The van der Waals surface area contributed by atoms with Gasteiger partial charge < -0.3 is 9.30 Å². The summed E-state index contributed by atoms with van der Waals surface area (Å²) in [5.74, 6) is 0.554. The number of rotatable bonds is 1. The number of nitrogens with zero attached hydrogens (tertiary/aromatic N) is 2. The number of hydrogen-bond donors (Lipinski definition) is 1. The molecule has 104 valence electrons. The Morgan fingerprint density at radius 3 is 2.32 bits per heavy atom. The summed E-state index contributed by atoms with van der Waals surface area (Å²) in [5.41, 5.74) is -0.290. The quantitative estimate of drug-likeness (QED) is 0.843. The average molecular weight is 263 g/mol. The maximum absolute atomic E-state index is 11.8. The van der Waals surface area contributed by atoms with E-state index in [-0.39, 0.29) is 5.54 Å². The molecule has 1 aromatic heterocycles. The minimum absolute atomic E-state index is 0.237. The van der Waals surface area contributed by atoms with Gasteiger partial charge in [0.05, 0.1) is 5.56 Å². The van der Waals surface area contributed by atoms with Gasteiger partial charge in [0.15, 0.2) is 0 Å². The van der Waals surface area contributed by atoms with Crippen LogP contribution in [0.4, 0.5) is 10.6 Å². The van der Waals surface area contributed by atoms with Crippen LogP contribution >= 0.6 is 0 Å². The molecule has 0 saturated carbocycles. The number of anilines is 1. The summed E-state index contributed by atoms with van der Waals surface area (Å²) >= 11 is 0. The molecule has 0 bridgehead atoms. The van der Waals surface area contributed by atoms with Gasteiger partial charge in [-0.1, -0.05) is 0 Å². The molecule has 0 aliphatic rings. The Balaban J connectivity index is 2.98. The molecule has 0 saturated heterocycles. The van der Waals surface area contributed by atoms with Gasteiger partial charge in [0.25, 0.3) is 0 Å². The van der Waals surface area contributed by atoms with E-state index in [0.29, 0.717) is 11.4 Å². The number of nitriles is 1. The van der Waals surface area contributed by atoms with Gasteiger partial charge in [-0.15, -0.1) is 0 Å². The van der Waals surface area contributed by atoms with E-state index < -0.39 is 11.7 Å². The SMILES string of the molecule is CC(C)(C)OC(=O)Nc1cc(C#N)cn1C(C)(C)C. The van der Waals surface area contributed by atoms with E-state index in [1.807, 2.05) is 25.3 Å². The second-order valence-electron chi connectivity index (χ2n) is 6.39. The van der Waals surface area contributed by atoms with Gasteiger partial charge in [0.1, 0.15) is 17.5 Å². The standard InChI is InChI=1S/C14H21N3O2/c1-13(2,3)17-9-10(8-15)7-11(17)16-12(18)19-14(4,5)6/h7,9H,1-6H3,(H,16,18). The second-order valence-corrected chi connectivity index (χ2v) is 6.39. The van der Waals surface area contributed by atoms with Gasteiger partial charge >= 0.3 is 6.09 Å². The smallest absolute Gasteiger partial charge is 0.413 e. The Labute approximate surface area is 114 Å². The molecule has 0 aliphatic heterocycles. The number of nitrogens with one attached hydrogen (secondary N) is 1. The Hall–Kier alpha value is -1.96. The first kappa shape index (κ1) is 15.1. The van der Waals surface area contributed by atoms with Crippen LogP contribution in [0.3, 0.4) is 0 Å². The molecule has 5 nitrogen and oxygen atoms in total. The lowest BCUT2D eigenvalue weighted by Crippen LogP contribution is -2.30. The van der Waals surface area contributed by atoms with Crippen molar-refractivity contribution in [3.05, 3.63) is 17.8 Å². The summed E-state index contributed by atoms with van der Waals surface area (Å²) in [6.45, 7) is 11.4. The fraction of sp³-hybridized carbons (Fsp3) is 0.571. The lowest BCUT2D eigenvalue weighted by molar-refractivity contribution is 0.0634. The molecule has 0 aliphatic carbocycles. The lowest BCUT2D eigenvalue weighted by atomic mass is 10.1. The highest BCUT2D eigenvalue weighted by molar-refractivity contribution is 5.84. The van der Waals surface area contributed by atoms with Crippen molar-refractivity contribution in [2.75, 3.05) is 5.32 Å². The summed E-state index contributed by atoms with van der Waals surface area (Å²) in [5, 5.41) is 11.6. The van der Waals surface area contributed by atoms with Gasteiger partial charge in [0, 0.05) is 11.7 Å². The molecule has 0 atom stereocenters. The van der Waals surface area contributed by atoms with Crippen LogP contribution in [-0.4, -0.2) is 16.3 Å². The van der Waals surface area contributed by atoms with E-state index in [1.54, 1.807) is 33.0 Å². The molecule has 1 N–H and O–H groups in total. The average Bonchev–Trinajstić information content (AvgIpc) is 2.57. The van der Waals surface area contributed by atoms with Crippen LogP contribution < -0.4 is 5.32 Å². The summed E-state index contributed by atoms with van der Waals surface area (Å²) < 4.78 is 7.05.